The monoisotopic (exact) mass is 334 g/mol. The largest absolute Gasteiger partial charge is 0.448 e. The molecule has 0 radical (unpaired) electrons. The van der Waals surface area contributed by atoms with Gasteiger partial charge in [-0.2, -0.15) is 0 Å². The van der Waals surface area contributed by atoms with Crippen molar-refractivity contribution >= 4 is 11.8 Å². The van der Waals surface area contributed by atoms with E-state index >= 15 is 0 Å². The van der Waals surface area contributed by atoms with Gasteiger partial charge in [-0.25, -0.2) is 9.97 Å². The highest BCUT2D eigenvalue weighted by molar-refractivity contribution is 5.94. The summed E-state index contributed by atoms with van der Waals surface area (Å²) < 4.78 is 10.3. The van der Waals surface area contributed by atoms with E-state index in [9.17, 15) is 9.59 Å². The SMILES string of the molecule is CCc1ocnc1C(=O)NC[C@@H](CC)NC(=O)c1ncoc1CC. The number of nitrogens with zero attached hydrogens (tertiary/aromatic N) is 2. The van der Waals surface area contributed by atoms with Gasteiger partial charge in [0.15, 0.2) is 24.2 Å². The molecule has 2 N–H and O–H groups in total. The Morgan fingerprint density at radius 2 is 1.54 bits per heavy atom. The minimum absolute atomic E-state index is 0.222. The maximum Gasteiger partial charge on any atom is 0.273 e. The van der Waals surface area contributed by atoms with E-state index in [-0.39, 0.29) is 35.8 Å². The number of hydrogen-bond acceptors (Lipinski definition) is 6. The molecule has 8 nitrogen and oxygen atoms in total. The number of carbonyl (C=O) groups excluding carboxylic acids is 2. The first-order chi connectivity index (χ1) is 11.6. The Morgan fingerprint density at radius 1 is 1.00 bits per heavy atom. The molecule has 8 heteroatoms. The summed E-state index contributed by atoms with van der Waals surface area (Å²) in [7, 11) is 0. The Hall–Kier alpha value is -2.64. The van der Waals surface area contributed by atoms with E-state index in [1.807, 2.05) is 20.8 Å². The van der Waals surface area contributed by atoms with Gasteiger partial charge in [0.1, 0.15) is 11.5 Å². The molecule has 0 fully saturated rings. The van der Waals surface area contributed by atoms with Crippen LogP contribution in [-0.2, 0) is 12.8 Å². The van der Waals surface area contributed by atoms with Crippen molar-refractivity contribution in [3.8, 4) is 0 Å². The first-order valence-corrected chi connectivity index (χ1v) is 8.04. The van der Waals surface area contributed by atoms with E-state index in [0.29, 0.717) is 30.8 Å². The van der Waals surface area contributed by atoms with Gasteiger partial charge in [0.25, 0.3) is 11.8 Å². The molecule has 2 aromatic heterocycles. The molecule has 0 saturated heterocycles. The van der Waals surface area contributed by atoms with E-state index in [0.717, 1.165) is 0 Å². The molecule has 0 aliphatic heterocycles. The quantitative estimate of drug-likeness (QED) is 0.760. The van der Waals surface area contributed by atoms with E-state index in [4.69, 9.17) is 8.83 Å². The van der Waals surface area contributed by atoms with Crippen molar-refractivity contribution in [2.45, 2.75) is 46.1 Å². The molecular formula is C16H22N4O4. The fraction of sp³-hybridized carbons (Fsp3) is 0.500. The summed E-state index contributed by atoms with van der Waals surface area (Å²) in [4.78, 5) is 32.3. The normalized spacial score (nSPS) is 12.0. The second-order valence-electron chi connectivity index (χ2n) is 5.24. The number of amides is 2. The predicted molar refractivity (Wildman–Crippen MR) is 85.6 cm³/mol. The molecule has 0 spiro atoms. The molecule has 2 aromatic rings. The van der Waals surface area contributed by atoms with Gasteiger partial charge < -0.3 is 19.5 Å². The number of aromatic nitrogens is 2. The maximum absolute atomic E-state index is 12.3. The van der Waals surface area contributed by atoms with Crippen molar-refractivity contribution in [1.29, 1.82) is 0 Å². The zero-order valence-corrected chi connectivity index (χ0v) is 14.1. The lowest BCUT2D eigenvalue weighted by molar-refractivity contribution is 0.0901. The first-order valence-electron chi connectivity index (χ1n) is 8.04. The number of hydrogen-bond donors (Lipinski definition) is 2. The second-order valence-corrected chi connectivity index (χ2v) is 5.24. The predicted octanol–water partition coefficient (Wildman–Crippen LogP) is 1.73. The average molecular weight is 334 g/mol. The third kappa shape index (κ3) is 4.01. The van der Waals surface area contributed by atoms with Crippen LogP contribution in [0.3, 0.4) is 0 Å². The fourth-order valence-electron chi connectivity index (χ4n) is 2.26. The first kappa shape index (κ1) is 17.7. The van der Waals surface area contributed by atoms with Gasteiger partial charge in [0, 0.05) is 25.4 Å². The fourth-order valence-corrected chi connectivity index (χ4v) is 2.26. The van der Waals surface area contributed by atoms with Gasteiger partial charge in [-0.05, 0) is 6.42 Å². The third-order valence-electron chi connectivity index (χ3n) is 3.69. The van der Waals surface area contributed by atoms with Crippen LogP contribution in [0.4, 0.5) is 0 Å². The smallest absolute Gasteiger partial charge is 0.273 e. The van der Waals surface area contributed by atoms with E-state index in [2.05, 4.69) is 20.6 Å². The summed E-state index contributed by atoms with van der Waals surface area (Å²) in [6, 6.07) is -0.222. The number of oxazole rings is 2. The summed E-state index contributed by atoms with van der Waals surface area (Å²) >= 11 is 0. The molecule has 0 bridgehead atoms. The zero-order valence-electron chi connectivity index (χ0n) is 14.1. The molecule has 2 heterocycles. The second kappa shape index (κ2) is 8.28. The molecule has 130 valence electrons. The van der Waals surface area contributed by atoms with Crippen LogP contribution in [0.1, 0.15) is 59.7 Å². The molecule has 0 aliphatic carbocycles. The highest BCUT2D eigenvalue weighted by Gasteiger charge is 2.20. The summed E-state index contributed by atoms with van der Waals surface area (Å²) in [6.45, 7) is 5.98. The Bertz CT molecular complexity index is 692. The standard InChI is InChI=1S/C16H22N4O4/c1-4-10(20-16(22)14-12(6-3)24-9-19-14)7-17-15(21)13-11(5-2)23-8-18-13/h8-10H,4-7H2,1-3H3,(H,17,21)(H,20,22)/t10-/m1/s1. The lowest BCUT2D eigenvalue weighted by Crippen LogP contribution is -2.43. The Kier molecular flexibility index (Phi) is 6.11. The van der Waals surface area contributed by atoms with Crippen molar-refractivity contribution in [2.24, 2.45) is 0 Å². The average Bonchev–Trinajstić information content (AvgIpc) is 3.26. The van der Waals surface area contributed by atoms with Crippen molar-refractivity contribution in [3.63, 3.8) is 0 Å². The number of carbonyl (C=O) groups is 2. The van der Waals surface area contributed by atoms with Crippen LogP contribution in [0.5, 0.6) is 0 Å². The third-order valence-corrected chi connectivity index (χ3v) is 3.69. The zero-order chi connectivity index (χ0) is 17.5. The topological polar surface area (TPSA) is 110 Å². The Labute approximate surface area is 140 Å². The van der Waals surface area contributed by atoms with Crippen LogP contribution < -0.4 is 10.6 Å². The van der Waals surface area contributed by atoms with Crippen LogP contribution >= 0.6 is 0 Å². The van der Waals surface area contributed by atoms with Crippen molar-refractivity contribution < 1.29 is 18.4 Å². The van der Waals surface area contributed by atoms with E-state index in [1.54, 1.807) is 0 Å². The maximum atomic E-state index is 12.3. The highest BCUT2D eigenvalue weighted by atomic mass is 16.3. The molecule has 0 aliphatic rings. The van der Waals surface area contributed by atoms with Gasteiger partial charge in [-0.3, -0.25) is 9.59 Å². The Morgan fingerprint density at radius 3 is 2.04 bits per heavy atom. The summed E-state index contributed by atoms with van der Waals surface area (Å²) in [5.41, 5.74) is 0.565. The number of aryl methyl sites for hydroxylation is 2. The molecular weight excluding hydrogens is 312 g/mol. The van der Waals surface area contributed by atoms with Crippen LogP contribution in [0.2, 0.25) is 0 Å². The summed E-state index contributed by atoms with van der Waals surface area (Å²) in [6.07, 6.45) is 4.34. The lowest BCUT2D eigenvalue weighted by Gasteiger charge is -2.17. The van der Waals surface area contributed by atoms with Gasteiger partial charge in [-0.15, -0.1) is 0 Å². The van der Waals surface area contributed by atoms with Crippen molar-refractivity contribution in [1.82, 2.24) is 20.6 Å². The van der Waals surface area contributed by atoms with Crippen LogP contribution in [0, 0.1) is 0 Å². The van der Waals surface area contributed by atoms with Crippen LogP contribution in [0.15, 0.2) is 21.6 Å². The molecule has 24 heavy (non-hydrogen) atoms. The highest BCUT2D eigenvalue weighted by Crippen LogP contribution is 2.09. The molecule has 2 amide bonds. The minimum atomic E-state index is -0.316. The van der Waals surface area contributed by atoms with Gasteiger partial charge in [-0.1, -0.05) is 20.8 Å². The number of rotatable bonds is 8. The lowest BCUT2D eigenvalue weighted by atomic mass is 10.2. The van der Waals surface area contributed by atoms with Crippen LogP contribution in [-0.4, -0.2) is 34.4 Å². The van der Waals surface area contributed by atoms with E-state index < -0.39 is 0 Å². The number of nitrogens with one attached hydrogen (secondary N) is 2. The summed E-state index contributed by atoms with van der Waals surface area (Å²) in [5.74, 6) is 0.461. The molecule has 0 saturated carbocycles. The van der Waals surface area contributed by atoms with Crippen molar-refractivity contribution in [3.05, 3.63) is 35.7 Å². The minimum Gasteiger partial charge on any atom is -0.448 e. The molecule has 1 atom stereocenters. The van der Waals surface area contributed by atoms with E-state index in [1.165, 1.54) is 12.8 Å². The molecule has 2 rings (SSSR count). The molecule has 0 aromatic carbocycles. The molecule has 0 unspecified atom stereocenters. The van der Waals surface area contributed by atoms with Gasteiger partial charge in [0.2, 0.25) is 0 Å². The Balaban J connectivity index is 1.92. The van der Waals surface area contributed by atoms with Gasteiger partial charge >= 0.3 is 0 Å². The van der Waals surface area contributed by atoms with Crippen LogP contribution in [0.25, 0.3) is 0 Å². The summed E-state index contributed by atoms with van der Waals surface area (Å²) in [5, 5.41) is 5.62. The van der Waals surface area contributed by atoms with Crippen molar-refractivity contribution in [2.75, 3.05) is 6.54 Å². The van der Waals surface area contributed by atoms with Gasteiger partial charge in [0.05, 0.1) is 0 Å².